The molecule has 3 aromatic rings. The van der Waals surface area contributed by atoms with Gasteiger partial charge in [0.05, 0.1) is 18.6 Å². The summed E-state index contributed by atoms with van der Waals surface area (Å²) in [5.74, 6) is 0. The highest BCUT2D eigenvalue weighted by atomic mass is 32.2. The van der Waals surface area contributed by atoms with E-state index < -0.39 is 0 Å². The molecule has 4 rings (SSSR count). The molecule has 0 spiro atoms. The number of anilines is 1. The average Bonchev–Trinajstić information content (AvgIpc) is 3.06. The molecule has 1 aliphatic heterocycles. The second-order valence-electron chi connectivity index (χ2n) is 5.91. The fraction of sp³-hybridized carbons (Fsp3) is 0.211. The van der Waals surface area contributed by atoms with E-state index in [0.717, 1.165) is 31.9 Å². The van der Waals surface area contributed by atoms with E-state index in [1.165, 1.54) is 16.1 Å². The van der Waals surface area contributed by atoms with Crippen LogP contribution in [0.25, 0.3) is 0 Å². The highest BCUT2D eigenvalue weighted by Crippen LogP contribution is 2.36. The lowest BCUT2D eigenvalue weighted by Crippen LogP contribution is -2.29. The third-order valence-electron chi connectivity index (χ3n) is 4.17. The summed E-state index contributed by atoms with van der Waals surface area (Å²) in [6.45, 7) is 3.83. The minimum Gasteiger partial charge on any atom is -0.365 e. The number of H-pyrrole nitrogens is 1. The molecule has 5 heteroatoms. The number of para-hydroxylation sites is 1. The van der Waals surface area contributed by atoms with E-state index in [9.17, 15) is 0 Å². The minimum atomic E-state index is 0.873. The lowest BCUT2D eigenvalue weighted by Gasteiger charge is -2.24. The van der Waals surface area contributed by atoms with Crippen molar-refractivity contribution in [1.82, 2.24) is 14.3 Å². The van der Waals surface area contributed by atoms with Crippen LogP contribution in [0, 0.1) is 0 Å². The number of nitrogens with one attached hydrogen (secondary N) is 1. The topological polar surface area (TPSA) is 35.2 Å². The average molecular weight is 336 g/mol. The number of nitrogens with zero attached hydrogens (tertiary/aromatic N) is 3. The number of fused-ring (bicyclic) bond motifs is 1. The molecule has 0 saturated heterocycles. The van der Waals surface area contributed by atoms with Crippen molar-refractivity contribution in [1.29, 1.82) is 0 Å². The molecular formula is C19H20N4S. The normalized spacial score (nSPS) is 15.1. The molecule has 4 nitrogen and oxygen atoms in total. The molecule has 0 fully saturated rings. The summed E-state index contributed by atoms with van der Waals surface area (Å²) in [5.41, 5.74) is 3.81. The molecule has 1 aliphatic rings. The maximum absolute atomic E-state index is 4.12. The summed E-state index contributed by atoms with van der Waals surface area (Å²) in [5, 5.41) is 0. The molecule has 1 N–H and O–H groups in total. The zero-order valence-corrected chi connectivity index (χ0v) is 14.2. The van der Waals surface area contributed by atoms with Crippen LogP contribution in [0.3, 0.4) is 0 Å². The molecule has 0 radical (unpaired) electrons. The summed E-state index contributed by atoms with van der Waals surface area (Å²) in [4.78, 5) is 11.1. The Morgan fingerprint density at radius 3 is 2.62 bits per heavy atom. The first-order valence-electron chi connectivity index (χ1n) is 8.16. The van der Waals surface area contributed by atoms with Crippen LogP contribution in [0.15, 0.2) is 72.0 Å². The van der Waals surface area contributed by atoms with Crippen molar-refractivity contribution in [3.05, 3.63) is 78.4 Å². The molecule has 2 heterocycles. The minimum absolute atomic E-state index is 0.873. The van der Waals surface area contributed by atoms with Crippen LogP contribution in [0.2, 0.25) is 0 Å². The molecule has 0 bridgehead atoms. The van der Waals surface area contributed by atoms with E-state index in [-0.39, 0.29) is 0 Å². The molecule has 0 aliphatic carbocycles. The molecule has 2 aromatic carbocycles. The van der Waals surface area contributed by atoms with Gasteiger partial charge < -0.3 is 9.88 Å². The van der Waals surface area contributed by atoms with Gasteiger partial charge in [-0.05, 0) is 29.6 Å². The van der Waals surface area contributed by atoms with Gasteiger partial charge in [-0.1, -0.05) is 42.5 Å². The van der Waals surface area contributed by atoms with E-state index in [2.05, 4.69) is 73.8 Å². The zero-order chi connectivity index (χ0) is 16.2. The van der Waals surface area contributed by atoms with Crippen molar-refractivity contribution in [2.24, 2.45) is 0 Å². The number of rotatable bonds is 4. The largest absolute Gasteiger partial charge is 0.365 e. The van der Waals surface area contributed by atoms with Gasteiger partial charge in [-0.3, -0.25) is 0 Å². The van der Waals surface area contributed by atoms with E-state index in [4.69, 9.17) is 0 Å². The summed E-state index contributed by atoms with van der Waals surface area (Å²) < 4.78 is 2.40. The standard InChI is InChI=1S/C19H20N4S/c1-2-6-16(7-3-1)13-22-10-11-23(14-17-12-20-15-21-17)24-19-9-5-4-8-18(19)22/h1-9,12,15H,10-11,13-14H2,(H,20,21). The van der Waals surface area contributed by atoms with Crippen LogP contribution in [-0.4, -0.2) is 27.4 Å². The van der Waals surface area contributed by atoms with Gasteiger partial charge in [-0.25, -0.2) is 9.29 Å². The van der Waals surface area contributed by atoms with Crippen LogP contribution in [0.5, 0.6) is 0 Å². The monoisotopic (exact) mass is 336 g/mol. The first kappa shape index (κ1) is 15.3. The van der Waals surface area contributed by atoms with E-state index in [1.54, 1.807) is 6.33 Å². The van der Waals surface area contributed by atoms with Gasteiger partial charge in [0, 0.05) is 36.4 Å². The van der Waals surface area contributed by atoms with Crippen LogP contribution in [0.4, 0.5) is 5.69 Å². The molecule has 122 valence electrons. The summed E-state index contributed by atoms with van der Waals surface area (Å²) >= 11 is 1.83. The Hall–Kier alpha value is -2.24. The summed E-state index contributed by atoms with van der Waals surface area (Å²) in [6, 6.07) is 19.4. The molecule has 1 aromatic heterocycles. The van der Waals surface area contributed by atoms with Crippen LogP contribution in [-0.2, 0) is 13.1 Å². The number of aromatic amines is 1. The Balaban J connectivity index is 1.56. The number of aromatic nitrogens is 2. The van der Waals surface area contributed by atoms with Crippen molar-refractivity contribution < 1.29 is 0 Å². The highest BCUT2D eigenvalue weighted by Gasteiger charge is 2.20. The molecule has 0 unspecified atom stereocenters. The Morgan fingerprint density at radius 2 is 1.79 bits per heavy atom. The van der Waals surface area contributed by atoms with E-state index in [1.807, 2.05) is 18.1 Å². The van der Waals surface area contributed by atoms with Gasteiger partial charge >= 0.3 is 0 Å². The first-order valence-corrected chi connectivity index (χ1v) is 8.94. The van der Waals surface area contributed by atoms with Crippen molar-refractivity contribution in [3.63, 3.8) is 0 Å². The SMILES string of the molecule is c1ccc(CN2CCN(Cc3cnc[nH]3)Sc3ccccc32)cc1. The predicted octanol–water partition coefficient (Wildman–Crippen LogP) is 3.94. The van der Waals surface area contributed by atoms with E-state index >= 15 is 0 Å². The number of benzene rings is 2. The van der Waals surface area contributed by atoms with Crippen LogP contribution < -0.4 is 4.90 Å². The van der Waals surface area contributed by atoms with Gasteiger partial charge in [0.25, 0.3) is 0 Å². The Bertz CT molecular complexity index is 773. The number of hydrogen-bond acceptors (Lipinski definition) is 4. The summed E-state index contributed by atoms with van der Waals surface area (Å²) in [6.07, 6.45) is 3.65. The molecule has 24 heavy (non-hydrogen) atoms. The Morgan fingerprint density at radius 1 is 0.958 bits per heavy atom. The molecular weight excluding hydrogens is 316 g/mol. The Labute approximate surface area is 146 Å². The zero-order valence-electron chi connectivity index (χ0n) is 13.4. The fourth-order valence-corrected chi connectivity index (χ4v) is 4.06. The number of imidazole rings is 1. The molecule has 0 amide bonds. The van der Waals surface area contributed by atoms with Gasteiger partial charge in [0.2, 0.25) is 0 Å². The quantitative estimate of drug-likeness (QED) is 0.732. The second kappa shape index (κ2) is 7.11. The van der Waals surface area contributed by atoms with Gasteiger partial charge in [0.15, 0.2) is 0 Å². The smallest absolute Gasteiger partial charge is 0.0922 e. The first-order chi connectivity index (χ1) is 11.9. The molecule has 0 atom stereocenters. The van der Waals surface area contributed by atoms with Crippen molar-refractivity contribution in [2.45, 2.75) is 18.0 Å². The van der Waals surface area contributed by atoms with Crippen LogP contribution >= 0.6 is 11.9 Å². The van der Waals surface area contributed by atoms with Gasteiger partial charge in [-0.2, -0.15) is 0 Å². The van der Waals surface area contributed by atoms with Crippen molar-refractivity contribution >= 4 is 17.6 Å². The molecule has 0 saturated carbocycles. The van der Waals surface area contributed by atoms with Crippen LogP contribution in [0.1, 0.15) is 11.3 Å². The third-order valence-corrected chi connectivity index (χ3v) is 5.28. The predicted molar refractivity (Wildman–Crippen MR) is 98.8 cm³/mol. The maximum Gasteiger partial charge on any atom is 0.0922 e. The van der Waals surface area contributed by atoms with Crippen molar-refractivity contribution in [2.75, 3.05) is 18.0 Å². The van der Waals surface area contributed by atoms with E-state index in [0.29, 0.717) is 0 Å². The second-order valence-corrected chi connectivity index (χ2v) is 7.05. The number of hydrogen-bond donors (Lipinski definition) is 1. The summed E-state index contributed by atoms with van der Waals surface area (Å²) in [7, 11) is 0. The lowest BCUT2D eigenvalue weighted by molar-refractivity contribution is 0.467. The third kappa shape index (κ3) is 3.47. The van der Waals surface area contributed by atoms with Gasteiger partial charge in [0.1, 0.15) is 0 Å². The van der Waals surface area contributed by atoms with Crippen molar-refractivity contribution in [3.8, 4) is 0 Å². The fourth-order valence-electron chi connectivity index (χ4n) is 2.97. The highest BCUT2D eigenvalue weighted by molar-refractivity contribution is 7.97. The van der Waals surface area contributed by atoms with Gasteiger partial charge in [-0.15, -0.1) is 0 Å². The lowest BCUT2D eigenvalue weighted by atomic mass is 10.2. The maximum atomic E-state index is 4.12. The Kier molecular flexibility index (Phi) is 4.53.